The standard InChI is InChI=1S/C19H23N3O5S/c23-14-18(15-7-3-1-4-8-15)20-17-10-9-16(13-19(17)22(24)25)28(26,27)21-11-5-2-6-12-21/h1,3-4,7-10,13,18,20,23H,2,5-6,11-12,14H2. The van der Waals surface area contributed by atoms with Gasteiger partial charge in [0, 0.05) is 19.2 Å². The number of aliphatic hydroxyl groups is 1. The van der Waals surface area contributed by atoms with Crippen LogP contribution in [0.3, 0.4) is 0 Å². The number of hydrogen-bond donors (Lipinski definition) is 2. The van der Waals surface area contributed by atoms with Crippen LogP contribution >= 0.6 is 0 Å². The van der Waals surface area contributed by atoms with Crippen molar-refractivity contribution in [2.45, 2.75) is 30.2 Å². The third-order valence-corrected chi connectivity index (χ3v) is 6.73. The van der Waals surface area contributed by atoms with E-state index in [0.29, 0.717) is 13.1 Å². The van der Waals surface area contributed by atoms with Gasteiger partial charge in [-0.3, -0.25) is 10.1 Å². The molecule has 2 N–H and O–H groups in total. The predicted octanol–water partition coefficient (Wildman–Crippen LogP) is 2.91. The van der Waals surface area contributed by atoms with Crippen LogP contribution in [0.4, 0.5) is 11.4 Å². The summed E-state index contributed by atoms with van der Waals surface area (Å²) < 4.78 is 27.0. The zero-order chi connectivity index (χ0) is 20.1. The quantitative estimate of drug-likeness (QED) is 0.541. The second-order valence-corrected chi connectivity index (χ2v) is 8.63. The molecular formula is C19H23N3O5S. The van der Waals surface area contributed by atoms with Gasteiger partial charge < -0.3 is 10.4 Å². The molecule has 0 saturated carbocycles. The largest absolute Gasteiger partial charge is 0.394 e. The zero-order valence-corrected chi connectivity index (χ0v) is 16.1. The number of nitro groups is 1. The number of benzene rings is 2. The highest BCUT2D eigenvalue weighted by Crippen LogP contribution is 2.32. The molecule has 0 aliphatic carbocycles. The van der Waals surface area contributed by atoms with Gasteiger partial charge in [0.05, 0.1) is 22.5 Å². The van der Waals surface area contributed by atoms with E-state index in [1.807, 2.05) is 18.2 Å². The monoisotopic (exact) mass is 405 g/mol. The van der Waals surface area contributed by atoms with Crippen molar-refractivity contribution in [2.24, 2.45) is 0 Å². The van der Waals surface area contributed by atoms with Crippen molar-refractivity contribution in [2.75, 3.05) is 25.0 Å². The van der Waals surface area contributed by atoms with E-state index in [1.54, 1.807) is 12.1 Å². The van der Waals surface area contributed by atoms with Crippen molar-refractivity contribution in [3.05, 3.63) is 64.2 Å². The minimum atomic E-state index is -3.77. The molecule has 28 heavy (non-hydrogen) atoms. The first kappa shape index (κ1) is 20.2. The van der Waals surface area contributed by atoms with Gasteiger partial charge in [0.1, 0.15) is 5.69 Å². The normalized spacial score (nSPS) is 16.5. The molecule has 1 aliphatic heterocycles. The Balaban J connectivity index is 1.92. The molecule has 0 spiro atoms. The van der Waals surface area contributed by atoms with Crippen LogP contribution in [0.25, 0.3) is 0 Å². The summed E-state index contributed by atoms with van der Waals surface area (Å²) in [6, 6.07) is 12.4. The van der Waals surface area contributed by atoms with Crippen LogP contribution in [-0.4, -0.2) is 42.4 Å². The fourth-order valence-corrected chi connectivity index (χ4v) is 4.84. The summed E-state index contributed by atoms with van der Waals surface area (Å²) in [6.45, 7) is 0.586. The number of piperidine rings is 1. The Morgan fingerprint density at radius 1 is 1.11 bits per heavy atom. The Labute approximate surface area is 164 Å². The lowest BCUT2D eigenvalue weighted by Crippen LogP contribution is -2.35. The maximum atomic E-state index is 12.8. The fourth-order valence-electron chi connectivity index (χ4n) is 3.31. The second-order valence-electron chi connectivity index (χ2n) is 6.69. The van der Waals surface area contributed by atoms with Crippen molar-refractivity contribution in [3.8, 4) is 0 Å². The van der Waals surface area contributed by atoms with E-state index in [1.165, 1.54) is 16.4 Å². The van der Waals surface area contributed by atoms with Crippen LogP contribution in [0.2, 0.25) is 0 Å². The first-order valence-electron chi connectivity index (χ1n) is 9.14. The van der Waals surface area contributed by atoms with Crippen molar-refractivity contribution in [1.82, 2.24) is 4.31 Å². The number of anilines is 1. The SMILES string of the molecule is O=[N+]([O-])c1cc(S(=O)(=O)N2CCCCC2)ccc1NC(CO)c1ccccc1. The maximum absolute atomic E-state index is 12.8. The number of aliphatic hydroxyl groups excluding tert-OH is 1. The van der Waals surface area contributed by atoms with Crippen LogP contribution in [0.15, 0.2) is 53.4 Å². The van der Waals surface area contributed by atoms with E-state index in [4.69, 9.17) is 0 Å². The number of nitro benzene ring substituents is 1. The van der Waals surface area contributed by atoms with Crippen LogP contribution in [0.1, 0.15) is 30.9 Å². The van der Waals surface area contributed by atoms with E-state index in [2.05, 4.69) is 5.32 Å². The number of rotatable bonds is 7. The molecular weight excluding hydrogens is 382 g/mol. The van der Waals surface area contributed by atoms with Gasteiger partial charge in [-0.1, -0.05) is 36.8 Å². The van der Waals surface area contributed by atoms with Gasteiger partial charge in [0.25, 0.3) is 5.69 Å². The van der Waals surface area contributed by atoms with Crippen LogP contribution in [-0.2, 0) is 10.0 Å². The first-order valence-corrected chi connectivity index (χ1v) is 10.6. The molecule has 1 aliphatic rings. The molecule has 1 unspecified atom stereocenters. The van der Waals surface area contributed by atoms with Crippen molar-refractivity contribution < 1.29 is 18.4 Å². The molecule has 150 valence electrons. The summed E-state index contributed by atoms with van der Waals surface area (Å²) in [5.41, 5.74) is 0.585. The summed E-state index contributed by atoms with van der Waals surface area (Å²) in [4.78, 5) is 10.9. The second kappa shape index (κ2) is 8.68. The average molecular weight is 405 g/mol. The molecule has 8 nitrogen and oxygen atoms in total. The highest BCUT2D eigenvalue weighted by Gasteiger charge is 2.29. The molecule has 0 radical (unpaired) electrons. The van der Waals surface area contributed by atoms with Crippen molar-refractivity contribution in [1.29, 1.82) is 0 Å². The van der Waals surface area contributed by atoms with Crippen LogP contribution < -0.4 is 5.32 Å². The van der Waals surface area contributed by atoms with E-state index < -0.39 is 21.0 Å². The number of sulfonamides is 1. The number of nitrogens with one attached hydrogen (secondary N) is 1. The third-order valence-electron chi connectivity index (χ3n) is 4.83. The highest BCUT2D eigenvalue weighted by atomic mass is 32.2. The van der Waals surface area contributed by atoms with Crippen molar-refractivity contribution in [3.63, 3.8) is 0 Å². The minimum Gasteiger partial charge on any atom is -0.394 e. The van der Waals surface area contributed by atoms with E-state index in [-0.39, 0.29) is 22.9 Å². The van der Waals surface area contributed by atoms with Crippen LogP contribution in [0.5, 0.6) is 0 Å². The van der Waals surface area contributed by atoms with Gasteiger partial charge in [0.15, 0.2) is 0 Å². The molecule has 3 rings (SSSR count). The Morgan fingerprint density at radius 3 is 2.39 bits per heavy atom. The molecule has 1 atom stereocenters. The first-order chi connectivity index (χ1) is 13.4. The summed E-state index contributed by atoms with van der Waals surface area (Å²) in [6.07, 6.45) is 2.56. The van der Waals surface area contributed by atoms with Gasteiger partial charge >= 0.3 is 0 Å². The minimum absolute atomic E-state index is 0.0908. The molecule has 2 aromatic rings. The van der Waals surface area contributed by atoms with E-state index in [9.17, 15) is 23.6 Å². The highest BCUT2D eigenvalue weighted by molar-refractivity contribution is 7.89. The summed E-state index contributed by atoms with van der Waals surface area (Å²) in [5.74, 6) is 0. The molecule has 1 saturated heterocycles. The lowest BCUT2D eigenvalue weighted by molar-refractivity contribution is -0.384. The zero-order valence-electron chi connectivity index (χ0n) is 15.3. The Morgan fingerprint density at radius 2 is 1.79 bits per heavy atom. The van der Waals surface area contributed by atoms with Gasteiger partial charge in [0.2, 0.25) is 10.0 Å². The topological polar surface area (TPSA) is 113 Å². The van der Waals surface area contributed by atoms with Gasteiger partial charge in [-0.15, -0.1) is 0 Å². The summed E-state index contributed by atoms with van der Waals surface area (Å²) in [5, 5.41) is 24.2. The molecule has 0 bridgehead atoms. The number of nitrogens with zero attached hydrogens (tertiary/aromatic N) is 2. The fraction of sp³-hybridized carbons (Fsp3) is 0.368. The lowest BCUT2D eigenvalue weighted by atomic mass is 10.1. The van der Waals surface area contributed by atoms with Gasteiger partial charge in [-0.05, 0) is 30.5 Å². The van der Waals surface area contributed by atoms with Gasteiger partial charge in [-0.25, -0.2) is 8.42 Å². The number of hydrogen-bond acceptors (Lipinski definition) is 6. The Kier molecular flexibility index (Phi) is 6.28. The lowest BCUT2D eigenvalue weighted by Gasteiger charge is -2.26. The molecule has 1 fully saturated rings. The third kappa shape index (κ3) is 4.32. The van der Waals surface area contributed by atoms with Crippen LogP contribution in [0, 0.1) is 10.1 Å². The summed E-state index contributed by atoms with van der Waals surface area (Å²) >= 11 is 0. The van der Waals surface area contributed by atoms with E-state index in [0.717, 1.165) is 30.9 Å². The smallest absolute Gasteiger partial charge is 0.293 e. The predicted molar refractivity (Wildman–Crippen MR) is 106 cm³/mol. The molecule has 0 amide bonds. The van der Waals surface area contributed by atoms with Crippen molar-refractivity contribution >= 4 is 21.4 Å². The molecule has 0 aromatic heterocycles. The molecule has 1 heterocycles. The maximum Gasteiger partial charge on any atom is 0.293 e. The Hall–Kier alpha value is -2.49. The Bertz CT molecular complexity index is 928. The van der Waals surface area contributed by atoms with Gasteiger partial charge in [-0.2, -0.15) is 4.31 Å². The molecule has 2 aromatic carbocycles. The summed E-state index contributed by atoms with van der Waals surface area (Å²) in [7, 11) is -3.77. The van der Waals surface area contributed by atoms with E-state index >= 15 is 0 Å². The molecule has 9 heteroatoms. The average Bonchev–Trinajstić information content (AvgIpc) is 2.73.